The third-order valence-electron chi connectivity index (χ3n) is 5.94. The van der Waals surface area contributed by atoms with Crippen LogP contribution in [0, 0.1) is 22.7 Å². The lowest BCUT2D eigenvalue weighted by molar-refractivity contribution is -0.139. The summed E-state index contributed by atoms with van der Waals surface area (Å²) in [4.78, 5) is 29.1. The average molecular weight is 499 g/mol. The number of rotatable bonds is 5. The third-order valence-corrected chi connectivity index (χ3v) is 5.94. The molecule has 188 valence electrons. The number of nitriles is 1. The summed E-state index contributed by atoms with van der Waals surface area (Å²) in [6, 6.07) is 12.6. The monoisotopic (exact) mass is 498 g/mol. The molecular formula is C26H25F3N4O3. The van der Waals surface area contributed by atoms with Crippen molar-refractivity contribution >= 4 is 23.4 Å². The molecule has 2 atom stereocenters. The number of esters is 1. The molecule has 1 amide bonds. The molecule has 1 N–H and O–H groups in total. The standard InChI is InChI=1S/C26H25F3N4O3/c1-5-36-25(35)20-15(2)33(19-8-6-7-18(13-19)26(27,28)29)23(31)22(24(34)32(3)4)21(20)17-11-9-16(14-30)10-12-17/h6-13,21-22,31H,5H2,1-4H3. The Labute approximate surface area is 206 Å². The van der Waals surface area contributed by atoms with Crippen molar-refractivity contribution in [3.05, 3.63) is 76.5 Å². The molecule has 1 heterocycles. The molecule has 0 saturated carbocycles. The smallest absolute Gasteiger partial charge is 0.416 e. The molecule has 0 radical (unpaired) electrons. The van der Waals surface area contributed by atoms with E-state index in [-0.39, 0.29) is 29.4 Å². The fraction of sp³-hybridized carbons (Fsp3) is 0.308. The predicted molar refractivity (Wildman–Crippen MR) is 127 cm³/mol. The fourth-order valence-electron chi connectivity index (χ4n) is 4.29. The number of amidine groups is 1. The first-order chi connectivity index (χ1) is 16.9. The number of carbonyl (C=O) groups excluding carboxylic acids is 2. The zero-order valence-corrected chi connectivity index (χ0v) is 20.2. The fourth-order valence-corrected chi connectivity index (χ4v) is 4.29. The maximum atomic E-state index is 13.4. The number of ether oxygens (including phenoxy) is 1. The number of allylic oxidation sites excluding steroid dienone is 1. The molecule has 0 bridgehead atoms. The van der Waals surface area contributed by atoms with Gasteiger partial charge in [-0.3, -0.25) is 10.2 Å². The van der Waals surface area contributed by atoms with Gasteiger partial charge < -0.3 is 14.5 Å². The number of anilines is 1. The Morgan fingerprint density at radius 2 is 1.81 bits per heavy atom. The van der Waals surface area contributed by atoms with Gasteiger partial charge in [-0.1, -0.05) is 18.2 Å². The lowest BCUT2D eigenvalue weighted by Crippen LogP contribution is -2.50. The van der Waals surface area contributed by atoms with Gasteiger partial charge in [-0.25, -0.2) is 4.79 Å². The average Bonchev–Trinajstić information content (AvgIpc) is 2.83. The summed E-state index contributed by atoms with van der Waals surface area (Å²) in [6.07, 6.45) is -4.63. The van der Waals surface area contributed by atoms with E-state index in [1.807, 2.05) is 6.07 Å². The van der Waals surface area contributed by atoms with Crippen LogP contribution in [0.5, 0.6) is 0 Å². The maximum Gasteiger partial charge on any atom is 0.416 e. The van der Waals surface area contributed by atoms with Crippen molar-refractivity contribution in [1.82, 2.24) is 4.90 Å². The zero-order valence-electron chi connectivity index (χ0n) is 20.2. The van der Waals surface area contributed by atoms with Crippen LogP contribution >= 0.6 is 0 Å². The quantitative estimate of drug-likeness (QED) is 0.603. The molecule has 1 aliphatic heterocycles. The second-order valence-corrected chi connectivity index (χ2v) is 8.41. The summed E-state index contributed by atoms with van der Waals surface area (Å²) in [6.45, 7) is 3.15. The summed E-state index contributed by atoms with van der Waals surface area (Å²) in [5.41, 5.74) is 0.145. The molecule has 0 saturated heterocycles. The van der Waals surface area contributed by atoms with Gasteiger partial charge in [-0.15, -0.1) is 0 Å². The van der Waals surface area contributed by atoms with Crippen molar-refractivity contribution in [2.45, 2.75) is 25.9 Å². The Bertz CT molecular complexity index is 1260. The predicted octanol–water partition coefficient (Wildman–Crippen LogP) is 4.70. The minimum absolute atomic E-state index is 0.0102. The molecule has 7 nitrogen and oxygen atoms in total. The van der Waals surface area contributed by atoms with E-state index in [4.69, 9.17) is 10.1 Å². The highest BCUT2D eigenvalue weighted by molar-refractivity contribution is 6.15. The van der Waals surface area contributed by atoms with Crippen LogP contribution in [-0.2, 0) is 20.5 Å². The topological polar surface area (TPSA) is 97.5 Å². The van der Waals surface area contributed by atoms with Crippen LogP contribution < -0.4 is 4.90 Å². The van der Waals surface area contributed by atoms with Crippen molar-refractivity contribution < 1.29 is 27.5 Å². The number of amides is 1. The summed E-state index contributed by atoms with van der Waals surface area (Å²) >= 11 is 0. The van der Waals surface area contributed by atoms with Crippen molar-refractivity contribution in [2.24, 2.45) is 5.92 Å². The van der Waals surface area contributed by atoms with Gasteiger partial charge in [-0.2, -0.15) is 18.4 Å². The first-order valence-electron chi connectivity index (χ1n) is 11.1. The second kappa shape index (κ2) is 10.2. The Balaban J connectivity index is 2.33. The van der Waals surface area contributed by atoms with Gasteiger partial charge in [0, 0.05) is 31.4 Å². The SMILES string of the molecule is CCOC(=O)C1=C(C)N(c2cccc(C(F)(F)F)c2)C(=N)C(C(=O)N(C)C)C1c1ccc(C#N)cc1. The summed E-state index contributed by atoms with van der Waals surface area (Å²) in [5, 5.41) is 18.1. The minimum Gasteiger partial charge on any atom is -0.463 e. The van der Waals surface area contributed by atoms with E-state index in [2.05, 4.69) is 0 Å². The molecule has 2 aromatic rings. The van der Waals surface area contributed by atoms with E-state index < -0.39 is 35.5 Å². The highest BCUT2D eigenvalue weighted by Gasteiger charge is 2.47. The van der Waals surface area contributed by atoms with Gasteiger partial charge in [-0.05, 0) is 49.7 Å². The number of halogens is 3. The molecule has 0 aliphatic carbocycles. The highest BCUT2D eigenvalue weighted by Crippen LogP contribution is 2.44. The van der Waals surface area contributed by atoms with Crippen molar-refractivity contribution in [1.29, 1.82) is 10.7 Å². The Kier molecular flexibility index (Phi) is 7.53. The van der Waals surface area contributed by atoms with Crippen LogP contribution in [0.1, 0.15) is 36.5 Å². The van der Waals surface area contributed by atoms with Crippen LogP contribution in [0.25, 0.3) is 0 Å². The van der Waals surface area contributed by atoms with Gasteiger partial charge in [0.25, 0.3) is 0 Å². The van der Waals surface area contributed by atoms with E-state index in [0.29, 0.717) is 11.1 Å². The number of alkyl halides is 3. The molecule has 1 aliphatic rings. The number of nitrogens with one attached hydrogen (secondary N) is 1. The van der Waals surface area contributed by atoms with Crippen LogP contribution in [0.15, 0.2) is 59.8 Å². The van der Waals surface area contributed by atoms with E-state index >= 15 is 0 Å². The molecular weight excluding hydrogens is 473 g/mol. The van der Waals surface area contributed by atoms with Gasteiger partial charge in [0.1, 0.15) is 11.8 Å². The van der Waals surface area contributed by atoms with E-state index in [0.717, 1.165) is 12.1 Å². The van der Waals surface area contributed by atoms with Crippen LogP contribution in [0.4, 0.5) is 18.9 Å². The van der Waals surface area contributed by atoms with Crippen LogP contribution in [-0.4, -0.2) is 43.3 Å². The molecule has 0 spiro atoms. The molecule has 2 aromatic carbocycles. The summed E-state index contributed by atoms with van der Waals surface area (Å²) < 4.78 is 45.6. The number of hydrogen-bond acceptors (Lipinski definition) is 5. The van der Waals surface area contributed by atoms with Crippen molar-refractivity contribution in [2.75, 3.05) is 25.6 Å². The molecule has 10 heteroatoms. The van der Waals surface area contributed by atoms with Crippen LogP contribution in [0.3, 0.4) is 0 Å². The van der Waals surface area contributed by atoms with Gasteiger partial charge in [0.2, 0.25) is 5.91 Å². The summed E-state index contributed by atoms with van der Waals surface area (Å²) in [7, 11) is 2.99. The third kappa shape index (κ3) is 4.96. The van der Waals surface area contributed by atoms with Crippen molar-refractivity contribution in [3.8, 4) is 6.07 Å². The highest BCUT2D eigenvalue weighted by atomic mass is 19.4. The minimum atomic E-state index is -4.63. The summed E-state index contributed by atoms with van der Waals surface area (Å²) in [5.74, 6) is -3.74. The molecule has 0 aromatic heterocycles. The molecule has 2 unspecified atom stereocenters. The molecule has 3 rings (SSSR count). The number of hydrogen-bond donors (Lipinski definition) is 1. The van der Waals surface area contributed by atoms with Gasteiger partial charge in [0.15, 0.2) is 0 Å². The first-order valence-corrected chi connectivity index (χ1v) is 11.1. The number of carbonyl (C=O) groups is 2. The van der Waals surface area contributed by atoms with E-state index in [1.165, 1.54) is 55.1 Å². The van der Waals surface area contributed by atoms with Crippen molar-refractivity contribution in [3.63, 3.8) is 0 Å². The Hall–Kier alpha value is -4.13. The lowest BCUT2D eigenvalue weighted by atomic mass is 9.74. The maximum absolute atomic E-state index is 13.4. The number of benzene rings is 2. The molecule has 36 heavy (non-hydrogen) atoms. The zero-order chi connectivity index (χ0) is 26.8. The van der Waals surface area contributed by atoms with Gasteiger partial charge >= 0.3 is 12.1 Å². The number of nitrogens with zero attached hydrogens (tertiary/aromatic N) is 3. The van der Waals surface area contributed by atoms with E-state index in [9.17, 15) is 28.0 Å². The normalized spacial score (nSPS) is 18.1. The van der Waals surface area contributed by atoms with Gasteiger partial charge in [0.05, 0.1) is 29.4 Å². The van der Waals surface area contributed by atoms with Crippen LogP contribution in [0.2, 0.25) is 0 Å². The largest absolute Gasteiger partial charge is 0.463 e. The second-order valence-electron chi connectivity index (χ2n) is 8.41. The Morgan fingerprint density at radius 1 is 1.17 bits per heavy atom. The Morgan fingerprint density at radius 3 is 2.33 bits per heavy atom. The molecule has 0 fully saturated rings. The lowest BCUT2D eigenvalue weighted by Gasteiger charge is -2.41. The van der Waals surface area contributed by atoms with E-state index in [1.54, 1.807) is 19.1 Å². The first kappa shape index (κ1) is 26.5.